The zero-order valence-electron chi connectivity index (χ0n) is 20.5. The number of carboxylic acid groups (broad SMARTS) is 4. The van der Waals surface area contributed by atoms with Crippen LogP contribution in [0.1, 0.15) is 105 Å². The summed E-state index contributed by atoms with van der Waals surface area (Å²) in [5, 5.41) is 37.5. The highest BCUT2D eigenvalue weighted by Gasteiger charge is 2.56. The molecule has 0 aliphatic heterocycles. The van der Waals surface area contributed by atoms with Crippen LogP contribution in [0.5, 0.6) is 0 Å². The fraction of sp³-hybridized carbons (Fsp3) is 0.833. The molecule has 0 aromatic rings. The number of hydrogen-bond acceptors (Lipinski definition) is 5. The van der Waals surface area contributed by atoms with Gasteiger partial charge in [0, 0.05) is 0 Å². The molecule has 4 N–H and O–H groups in total. The molecule has 2 atom stereocenters. The molecular formula is C24H42O8S. The maximum absolute atomic E-state index is 12.5. The van der Waals surface area contributed by atoms with Gasteiger partial charge in [0.25, 0.3) is 0 Å². The lowest BCUT2D eigenvalue weighted by molar-refractivity contribution is -0.157. The number of rotatable bonds is 20. The van der Waals surface area contributed by atoms with Crippen molar-refractivity contribution in [1.82, 2.24) is 0 Å². The summed E-state index contributed by atoms with van der Waals surface area (Å²) in [6, 6.07) is 0. The van der Waals surface area contributed by atoms with Crippen molar-refractivity contribution in [2.24, 2.45) is 10.8 Å². The van der Waals surface area contributed by atoms with Crippen molar-refractivity contribution in [1.29, 1.82) is 0 Å². The van der Waals surface area contributed by atoms with E-state index < -0.39 is 45.2 Å². The molecule has 0 rings (SSSR count). The van der Waals surface area contributed by atoms with E-state index >= 15 is 0 Å². The van der Waals surface area contributed by atoms with Crippen molar-refractivity contribution in [2.45, 2.75) is 115 Å². The first-order chi connectivity index (χ1) is 15.5. The predicted octanol–water partition coefficient (Wildman–Crippen LogP) is 5.53. The van der Waals surface area contributed by atoms with Crippen LogP contribution in [0.2, 0.25) is 0 Å². The second-order valence-electron chi connectivity index (χ2n) is 8.91. The normalized spacial score (nSPS) is 13.9. The minimum Gasteiger partial charge on any atom is -0.481 e. The Balaban J connectivity index is 6.68. The summed E-state index contributed by atoms with van der Waals surface area (Å²) in [7, 11) is 0. The minimum absolute atomic E-state index is 0.0964. The van der Waals surface area contributed by atoms with Crippen LogP contribution in [0, 0.1) is 10.8 Å². The molecule has 8 nitrogen and oxygen atoms in total. The van der Waals surface area contributed by atoms with Gasteiger partial charge in [0.1, 0.15) is 10.5 Å². The van der Waals surface area contributed by atoms with Crippen LogP contribution < -0.4 is 0 Å². The fourth-order valence-electron chi connectivity index (χ4n) is 4.38. The molecule has 0 aromatic carbocycles. The third kappa shape index (κ3) is 8.19. The third-order valence-corrected chi connectivity index (χ3v) is 8.33. The van der Waals surface area contributed by atoms with Gasteiger partial charge in [-0.05, 0) is 25.7 Å². The van der Waals surface area contributed by atoms with E-state index in [-0.39, 0.29) is 25.7 Å². The summed E-state index contributed by atoms with van der Waals surface area (Å²) in [5.74, 6) is -5.36. The van der Waals surface area contributed by atoms with Crippen LogP contribution in [-0.2, 0) is 19.2 Å². The first-order valence-electron chi connectivity index (χ1n) is 12.1. The van der Waals surface area contributed by atoms with Crippen molar-refractivity contribution in [3.8, 4) is 0 Å². The molecule has 0 spiro atoms. The van der Waals surface area contributed by atoms with Gasteiger partial charge in [-0.3, -0.25) is 19.2 Å². The molecule has 0 saturated carbocycles. The Morgan fingerprint density at radius 3 is 0.970 bits per heavy atom. The van der Waals surface area contributed by atoms with Gasteiger partial charge in [-0.25, -0.2) is 0 Å². The lowest BCUT2D eigenvalue weighted by Gasteiger charge is -2.40. The van der Waals surface area contributed by atoms with Crippen LogP contribution in [-0.4, -0.2) is 54.8 Å². The second-order valence-corrected chi connectivity index (χ2v) is 10.1. The zero-order chi connectivity index (χ0) is 25.7. The molecule has 0 saturated heterocycles. The van der Waals surface area contributed by atoms with E-state index in [1.165, 1.54) is 0 Å². The van der Waals surface area contributed by atoms with Crippen LogP contribution in [0.25, 0.3) is 0 Å². The predicted molar refractivity (Wildman–Crippen MR) is 129 cm³/mol. The summed E-state index contributed by atoms with van der Waals surface area (Å²) in [6.07, 6.45) is 4.94. The van der Waals surface area contributed by atoms with Gasteiger partial charge >= 0.3 is 23.9 Å². The summed E-state index contributed by atoms with van der Waals surface area (Å²) in [5.41, 5.74) is -3.34. The first-order valence-corrected chi connectivity index (χ1v) is 13.0. The lowest BCUT2D eigenvalue weighted by atomic mass is 9.74. The number of thioether (sulfide) groups is 1. The molecular weight excluding hydrogens is 448 g/mol. The summed E-state index contributed by atoms with van der Waals surface area (Å²) in [4.78, 5) is 49.9. The van der Waals surface area contributed by atoms with E-state index in [1.54, 1.807) is 0 Å². The van der Waals surface area contributed by atoms with E-state index in [1.807, 2.05) is 27.7 Å². The Kier molecular flexibility index (Phi) is 14.4. The smallest absolute Gasteiger partial charge is 0.317 e. The second kappa shape index (κ2) is 15.2. The summed E-state index contributed by atoms with van der Waals surface area (Å²) >= 11 is 0.518. The number of hydrogen-bond donors (Lipinski definition) is 4. The number of aliphatic carboxylic acids is 4. The molecule has 9 heteroatoms. The first kappa shape index (κ1) is 31.2. The van der Waals surface area contributed by atoms with Crippen LogP contribution in [0.4, 0.5) is 0 Å². The molecule has 0 aromatic heterocycles. The number of carbonyl (C=O) groups is 4. The van der Waals surface area contributed by atoms with Gasteiger partial charge < -0.3 is 20.4 Å². The fourth-order valence-corrected chi connectivity index (χ4v) is 6.08. The Hall–Kier alpha value is -1.77. The van der Waals surface area contributed by atoms with E-state index in [4.69, 9.17) is 0 Å². The largest absolute Gasteiger partial charge is 0.481 e. The van der Waals surface area contributed by atoms with Crippen molar-refractivity contribution < 1.29 is 39.6 Å². The van der Waals surface area contributed by atoms with Crippen LogP contribution in [0.15, 0.2) is 0 Å². The molecule has 0 aliphatic rings. The standard InChI is InChI=1S/C24H42O8S/c1-5-9-13-23(21(29)30,14-10-6-2)17(19(25)26)33-18(20(27)28)24(22(31)32,15-11-7-3)16-12-8-4/h17-18H,5-16H2,1-4H3,(H,25,26)(H,27,28)(H,29,30)(H,31,32). The van der Waals surface area contributed by atoms with Crippen LogP contribution in [0.3, 0.4) is 0 Å². The summed E-state index contributed by atoms with van der Waals surface area (Å²) < 4.78 is 0. The summed E-state index contributed by atoms with van der Waals surface area (Å²) in [6.45, 7) is 7.50. The third-order valence-electron chi connectivity index (χ3n) is 6.48. The molecule has 192 valence electrons. The molecule has 0 fully saturated rings. The molecule has 2 unspecified atom stereocenters. The van der Waals surface area contributed by atoms with E-state index in [2.05, 4.69) is 0 Å². The monoisotopic (exact) mass is 490 g/mol. The van der Waals surface area contributed by atoms with E-state index in [0.717, 1.165) is 0 Å². The topological polar surface area (TPSA) is 149 Å². The van der Waals surface area contributed by atoms with Gasteiger partial charge in [-0.15, -0.1) is 11.8 Å². The highest BCUT2D eigenvalue weighted by Crippen LogP contribution is 2.49. The quantitative estimate of drug-likeness (QED) is 0.173. The molecule has 0 aliphatic carbocycles. The molecule has 0 amide bonds. The van der Waals surface area contributed by atoms with Gasteiger partial charge in [-0.1, -0.05) is 79.1 Å². The molecule has 0 bridgehead atoms. The van der Waals surface area contributed by atoms with E-state index in [0.29, 0.717) is 63.1 Å². The van der Waals surface area contributed by atoms with Gasteiger partial charge in [0.2, 0.25) is 0 Å². The van der Waals surface area contributed by atoms with Crippen molar-refractivity contribution >= 4 is 35.6 Å². The van der Waals surface area contributed by atoms with Gasteiger partial charge in [0.15, 0.2) is 0 Å². The average molecular weight is 491 g/mol. The average Bonchev–Trinajstić information content (AvgIpc) is 2.75. The number of unbranched alkanes of at least 4 members (excludes halogenated alkanes) is 4. The molecule has 0 heterocycles. The van der Waals surface area contributed by atoms with Gasteiger partial charge in [0.05, 0.1) is 10.8 Å². The van der Waals surface area contributed by atoms with Crippen molar-refractivity contribution in [3.63, 3.8) is 0 Å². The lowest BCUT2D eigenvalue weighted by Crippen LogP contribution is -2.51. The zero-order valence-corrected chi connectivity index (χ0v) is 21.3. The van der Waals surface area contributed by atoms with Crippen LogP contribution >= 0.6 is 11.8 Å². The Bertz CT molecular complexity index is 578. The van der Waals surface area contributed by atoms with Crippen molar-refractivity contribution in [3.05, 3.63) is 0 Å². The SMILES string of the molecule is CCCCC(CCCC)(C(=O)O)C(SC(C(=O)O)C(CCCC)(CCCC)C(=O)O)C(=O)O. The Morgan fingerprint density at radius 1 is 0.576 bits per heavy atom. The number of carboxylic acids is 4. The molecule has 33 heavy (non-hydrogen) atoms. The van der Waals surface area contributed by atoms with Gasteiger partial charge in [-0.2, -0.15) is 0 Å². The Labute approximate surface area is 201 Å². The maximum Gasteiger partial charge on any atom is 0.317 e. The Morgan fingerprint density at radius 2 is 0.818 bits per heavy atom. The maximum atomic E-state index is 12.5. The minimum atomic E-state index is -1.67. The van der Waals surface area contributed by atoms with E-state index in [9.17, 15) is 39.6 Å². The van der Waals surface area contributed by atoms with Crippen molar-refractivity contribution in [2.75, 3.05) is 0 Å². The highest BCUT2D eigenvalue weighted by molar-refractivity contribution is 8.02. The highest BCUT2D eigenvalue weighted by atomic mass is 32.2. The molecule has 0 radical (unpaired) electrons.